The van der Waals surface area contributed by atoms with Crippen LogP contribution in [-0.4, -0.2) is 49.3 Å². The van der Waals surface area contributed by atoms with Gasteiger partial charge in [0.1, 0.15) is 17.6 Å². The minimum absolute atomic E-state index is 0.0153. The maximum Gasteiger partial charge on any atom is 0.416 e. The normalized spacial score (nSPS) is 20.7. The number of nitrogens with zero attached hydrogens (tertiary/aromatic N) is 2. The van der Waals surface area contributed by atoms with E-state index in [4.69, 9.17) is 4.74 Å². The average molecular weight is 467 g/mol. The number of aryl methyl sites for hydroxylation is 1. The van der Waals surface area contributed by atoms with Gasteiger partial charge >= 0.3 is 12.2 Å². The largest absolute Gasteiger partial charge is 0.494 e. The van der Waals surface area contributed by atoms with Gasteiger partial charge in [-0.05, 0) is 44.0 Å². The molecule has 1 N–H and O–H groups in total. The molecule has 10 heteroatoms. The lowest BCUT2D eigenvalue weighted by Crippen LogP contribution is -2.46. The van der Waals surface area contributed by atoms with Crippen LogP contribution in [-0.2, 0) is 9.53 Å². The Kier molecular flexibility index (Phi) is 6.58. The van der Waals surface area contributed by atoms with E-state index < -0.39 is 35.5 Å². The molecule has 6 nitrogen and oxygen atoms in total. The number of benzene rings is 1. The predicted molar refractivity (Wildman–Crippen MR) is 115 cm³/mol. The van der Waals surface area contributed by atoms with Crippen LogP contribution in [0.3, 0.4) is 0 Å². The summed E-state index contributed by atoms with van der Waals surface area (Å²) in [4.78, 5) is 27.7. The van der Waals surface area contributed by atoms with Crippen molar-refractivity contribution in [3.8, 4) is 0 Å². The average Bonchev–Trinajstić information content (AvgIpc) is 3.33. The van der Waals surface area contributed by atoms with Gasteiger partial charge in [0.2, 0.25) is 0 Å². The Morgan fingerprint density at radius 1 is 1.33 bits per heavy atom. The van der Waals surface area contributed by atoms with Gasteiger partial charge in [-0.2, -0.15) is 13.2 Å². The molecular weight excluding hydrogens is 442 g/mol. The predicted octanol–water partition coefficient (Wildman–Crippen LogP) is 4.50. The number of amides is 3. The molecule has 33 heavy (non-hydrogen) atoms. The summed E-state index contributed by atoms with van der Waals surface area (Å²) in [6, 6.07) is 1.24. The van der Waals surface area contributed by atoms with Gasteiger partial charge in [0.25, 0.3) is 5.91 Å². The van der Waals surface area contributed by atoms with Crippen LogP contribution < -0.4 is 10.2 Å². The molecule has 1 unspecified atom stereocenters. The number of hydrogen-bond acceptors (Lipinski definition) is 3. The van der Waals surface area contributed by atoms with Crippen molar-refractivity contribution in [1.82, 2.24) is 10.2 Å². The van der Waals surface area contributed by atoms with Crippen molar-refractivity contribution >= 4 is 17.6 Å². The van der Waals surface area contributed by atoms with E-state index in [2.05, 4.69) is 11.9 Å². The number of allylic oxidation sites excluding steroid dienone is 4. The van der Waals surface area contributed by atoms with Crippen molar-refractivity contribution in [2.75, 3.05) is 25.1 Å². The van der Waals surface area contributed by atoms with Crippen LogP contribution in [0.15, 0.2) is 47.4 Å². The highest BCUT2D eigenvalue weighted by atomic mass is 19.4. The third-order valence-electron chi connectivity index (χ3n) is 5.92. The first-order valence-corrected chi connectivity index (χ1v) is 10.3. The van der Waals surface area contributed by atoms with Gasteiger partial charge in [0, 0.05) is 31.3 Å². The lowest BCUT2D eigenvalue weighted by molar-refractivity contribution is -0.121. The second-order valence-corrected chi connectivity index (χ2v) is 8.01. The summed E-state index contributed by atoms with van der Waals surface area (Å²) < 4.78 is 61.1. The maximum absolute atomic E-state index is 14.8. The molecule has 2 fully saturated rings. The van der Waals surface area contributed by atoms with Crippen LogP contribution in [0.4, 0.5) is 28.0 Å². The van der Waals surface area contributed by atoms with E-state index >= 15 is 0 Å². The number of rotatable bonds is 4. The van der Waals surface area contributed by atoms with E-state index in [1.54, 1.807) is 19.9 Å². The summed E-state index contributed by atoms with van der Waals surface area (Å²) in [6.07, 6.45) is -3.87. The second kappa shape index (κ2) is 8.92. The molecule has 2 aliphatic heterocycles. The highest BCUT2D eigenvalue weighted by molar-refractivity contribution is 6.01. The van der Waals surface area contributed by atoms with Crippen LogP contribution in [0.1, 0.15) is 24.5 Å². The topological polar surface area (TPSA) is 61.9 Å². The van der Waals surface area contributed by atoms with Crippen molar-refractivity contribution in [3.63, 3.8) is 0 Å². The number of alkyl halides is 3. The van der Waals surface area contributed by atoms with E-state index in [9.17, 15) is 27.2 Å². The lowest BCUT2D eigenvalue weighted by Gasteiger charge is -2.28. The maximum atomic E-state index is 14.8. The molecule has 3 rings (SSSR count). The molecular formula is C23H25F4N3O3. The minimum atomic E-state index is -4.72. The van der Waals surface area contributed by atoms with Crippen molar-refractivity contribution in [2.24, 2.45) is 0 Å². The van der Waals surface area contributed by atoms with Crippen LogP contribution in [0, 0.1) is 19.7 Å². The Bertz CT molecular complexity index is 1080. The minimum Gasteiger partial charge on any atom is -0.494 e. The van der Waals surface area contributed by atoms with Crippen molar-refractivity contribution < 1.29 is 31.9 Å². The number of likely N-dealkylation sites (N-methyl/N-ethyl adjacent to an activating group) is 1. The Labute approximate surface area is 189 Å². The van der Waals surface area contributed by atoms with Crippen molar-refractivity contribution in [3.05, 3.63) is 64.3 Å². The summed E-state index contributed by atoms with van der Waals surface area (Å²) in [5.41, 5.74) is -0.0689. The quantitative estimate of drug-likeness (QED) is 0.664. The van der Waals surface area contributed by atoms with Crippen molar-refractivity contribution in [2.45, 2.75) is 39.4 Å². The highest BCUT2D eigenvalue weighted by Crippen LogP contribution is 2.37. The van der Waals surface area contributed by atoms with Crippen LogP contribution in [0.5, 0.6) is 0 Å². The highest BCUT2D eigenvalue weighted by Gasteiger charge is 2.42. The molecule has 0 aromatic heterocycles. The second-order valence-electron chi connectivity index (χ2n) is 8.01. The first kappa shape index (κ1) is 24.3. The van der Waals surface area contributed by atoms with Crippen LogP contribution in [0.25, 0.3) is 0 Å². The summed E-state index contributed by atoms with van der Waals surface area (Å²) in [5, 5.41) is 2.48. The fraction of sp³-hybridized carbons (Fsp3) is 0.391. The molecule has 2 saturated heterocycles. The lowest BCUT2D eigenvalue weighted by atomic mass is 10.0. The number of urea groups is 1. The monoisotopic (exact) mass is 467 g/mol. The number of carbonyl (C=O) groups excluding carboxylic acids is 2. The van der Waals surface area contributed by atoms with Gasteiger partial charge in [0.15, 0.2) is 0 Å². The zero-order valence-electron chi connectivity index (χ0n) is 18.8. The Hall–Kier alpha value is -3.30. The molecule has 2 heterocycles. The summed E-state index contributed by atoms with van der Waals surface area (Å²) in [7, 11) is 1.36. The number of nitrogens with one attached hydrogen (secondary N) is 1. The Balaban J connectivity index is 1.97. The van der Waals surface area contributed by atoms with Gasteiger partial charge in [-0.25, -0.2) is 9.18 Å². The number of ether oxygens (including phenoxy) is 1. The molecule has 2 aliphatic rings. The van der Waals surface area contributed by atoms with E-state index in [1.165, 1.54) is 20.0 Å². The van der Waals surface area contributed by atoms with Gasteiger partial charge in [0.05, 0.1) is 17.9 Å². The molecule has 1 aromatic carbocycles. The Morgan fingerprint density at radius 3 is 2.58 bits per heavy atom. The molecule has 0 bridgehead atoms. The molecule has 0 spiro atoms. The number of halogens is 4. The van der Waals surface area contributed by atoms with Crippen LogP contribution in [0.2, 0.25) is 0 Å². The van der Waals surface area contributed by atoms with E-state index in [-0.39, 0.29) is 42.3 Å². The third kappa shape index (κ3) is 4.60. The fourth-order valence-electron chi connectivity index (χ4n) is 3.88. The molecule has 0 radical (unpaired) electrons. The standard InChI is InChI=1S/C23H25F4N3O3/c1-12-6-7-18(20(24)14(12)3)29(5)21(31)19-11-28-22(32)30(19)13(2)10-17(23(25,26)27)16-8-9-33-15(16)4/h6-7,10,19H,4,8-9,11H2,1-3,5H3,(H,28,32)/b13-10+,17-16+. The molecule has 0 aliphatic carbocycles. The summed E-state index contributed by atoms with van der Waals surface area (Å²) >= 11 is 0. The molecule has 0 saturated carbocycles. The number of carbonyl (C=O) groups is 2. The van der Waals surface area contributed by atoms with E-state index in [0.29, 0.717) is 11.1 Å². The van der Waals surface area contributed by atoms with Gasteiger partial charge < -0.3 is 15.0 Å². The van der Waals surface area contributed by atoms with E-state index in [0.717, 1.165) is 15.9 Å². The van der Waals surface area contributed by atoms with Crippen molar-refractivity contribution in [1.29, 1.82) is 0 Å². The zero-order valence-corrected chi connectivity index (χ0v) is 18.8. The SMILES string of the molecule is C=C1OCC/C1=C(/C=C(\C)N1C(=O)NCC1C(=O)N(C)c1ccc(C)c(C)c1F)C(F)(F)F. The van der Waals surface area contributed by atoms with Gasteiger partial charge in [-0.3, -0.25) is 9.69 Å². The molecule has 1 aromatic rings. The number of hydrogen-bond donors (Lipinski definition) is 1. The summed E-state index contributed by atoms with van der Waals surface area (Å²) in [5.74, 6) is -1.29. The molecule has 3 amide bonds. The molecule has 178 valence electrons. The van der Waals surface area contributed by atoms with E-state index in [1.807, 2.05) is 0 Å². The van der Waals surface area contributed by atoms with Gasteiger partial charge in [-0.1, -0.05) is 12.6 Å². The van der Waals surface area contributed by atoms with Crippen LogP contribution >= 0.6 is 0 Å². The Morgan fingerprint density at radius 2 is 2.00 bits per heavy atom. The first-order chi connectivity index (χ1) is 15.3. The molecule has 1 atom stereocenters. The fourth-order valence-corrected chi connectivity index (χ4v) is 3.88. The smallest absolute Gasteiger partial charge is 0.416 e. The zero-order chi connectivity index (χ0) is 24.7. The first-order valence-electron chi connectivity index (χ1n) is 10.3. The van der Waals surface area contributed by atoms with Gasteiger partial charge in [-0.15, -0.1) is 0 Å². The number of anilines is 1. The third-order valence-corrected chi connectivity index (χ3v) is 5.92. The summed E-state index contributed by atoms with van der Waals surface area (Å²) in [6.45, 7) is 8.09.